The number of Topliss-reactive ketones (excluding diaryl/α,β-unsaturated/α-hetero) is 1. The molecule has 0 radical (unpaired) electrons. The van der Waals surface area contributed by atoms with Crippen LogP contribution in [0.3, 0.4) is 0 Å². The van der Waals surface area contributed by atoms with Crippen LogP contribution in [0.4, 0.5) is 0 Å². The minimum absolute atomic E-state index is 0.154. The van der Waals surface area contributed by atoms with Crippen LogP contribution in [0.25, 0.3) is 6.08 Å². The minimum Gasteiger partial charge on any atom is -0.454 e. The second-order valence-corrected chi connectivity index (χ2v) is 5.67. The Labute approximate surface area is 129 Å². The Morgan fingerprint density at radius 2 is 1.86 bits per heavy atom. The summed E-state index contributed by atoms with van der Waals surface area (Å²) in [5.41, 5.74) is 2.73. The lowest BCUT2D eigenvalue weighted by atomic mass is 9.87. The van der Waals surface area contributed by atoms with Crippen molar-refractivity contribution in [2.75, 3.05) is 19.9 Å². The second-order valence-electron chi connectivity index (χ2n) is 5.67. The third-order valence-corrected chi connectivity index (χ3v) is 4.21. The molecule has 2 fully saturated rings. The van der Waals surface area contributed by atoms with Gasteiger partial charge in [0, 0.05) is 24.2 Å². The lowest BCUT2D eigenvalue weighted by Gasteiger charge is -2.18. The van der Waals surface area contributed by atoms with Crippen molar-refractivity contribution in [2.45, 2.75) is 19.3 Å². The Kier molecular flexibility index (Phi) is 3.25. The third kappa shape index (κ3) is 2.32. The van der Waals surface area contributed by atoms with Crippen molar-refractivity contribution < 1.29 is 14.3 Å². The molecule has 1 aromatic rings. The second kappa shape index (κ2) is 5.40. The van der Waals surface area contributed by atoms with Gasteiger partial charge in [0.25, 0.3) is 0 Å². The third-order valence-electron chi connectivity index (χ3n) is 4.21. The summed E-state index contributed by atoms with van der Waals surface area (Å²) in [5.74, 6) is 2.58. The fraction of sp³-hybridized carbons (Fsp3) is 0.353. The molecule has 0 unspecified atom stereocenters. The van der Waals surface area contributed by atoms with Crippen molar-refractivity contribution >= 4 is 11.9 Å². The standard InChI is InChI=1S/C17H18N2O3/c20-16-12(2-1-3-13(16)17-18-6-7-19-17)8-11-4-5-14-15(9-11)22-10-21-14/h4-5,8-9,18-19H,1-3,6-7,10H2/b12-8+. The fourth-order valence-electron chi connectivity index (χ4n) is 3.11. The molecule has 114 valence electrons. The number of carbonyl (C=O) groups is 1. The normalized spacial score (nSPS) is 22.0. The highest BCUT2D eigenvalue weighted by atomic mass is 16.7. The largest absolute Gasteiger partial charge is 0.454 e. The van der Waals surface area contributed by atoms with Gasteiger partial charge in [0.15, 0.2) is 17.3 Å². The first-order valence-electron chi connectivity index (χ1n) is 7.67. The Morgan fingerprint density at radius 1 is 1.05 bits per heavy atom. The average molecular weight is 298 g/mol. The predicted octanol–water partition coefficient (Wildman–Crippen LogP) is 1.96. The summed E-state index contributed by atoms with van der Waals surface area (Å²) in [6.45, 7) is 2.03. The van der Waals surface area contributed by atoms with E-state index in [1.165, 1.54) is 0 Å². The van der Waals surface area contributed by atoms with Crippen LogP contribution < -0.4 is 20.1 Å². The summed E-state index contributed by atoms with van der Waals surface area (Å²) in [6, 6.07) is 5.78. The van der Waals surface area contributed by atoms with Crippen molar-refractivity contribution in [3.63, 3.8) is 0 Å². The molecule has 4 rings (SSSR count). The molecule has 0 bridgehead atoms. The molecule has 2 heterocycles. The molecule has 0 spiro atoms. The van der Waals surface area contributed by atoms with Crippen molar-refractivity contribution in [2.24, 2.45) is 0 Å². The van der Waals surface area contributed by atoms with E-state index in [2.05, 4.69) is 10.6 Å². The number of nitrogens with one attached hydrogen (secondary N) is 2. The molecular weight excluding hydrogens is 280 g/mol. The van der Waals surface area contributed by atoms with E-state index in [4.69, 9.17) is 9.47 Å². The van der Waals surface area contributed by atoms with Gasteiger partial charge in [-0.2, -0.15) is 0 Å². The summed E-state index contributed by atoms with van der Waals surface area (Å²) in [4.78, 5) is 12.7. The van der Waals surface area contributed by atoms with Gasteiger partial charge in [0.1, 0.15) is 5.82 Å². The lowest BCUT2D eigenvalue weighted by Crippen LogP contribution is -2.22. The summed E-state index contributed by atoms with van der Waals surface area (Å²) in [6.07, 6.45) is 4.64. The van der Waals surface area contributed by atoms with Gasteiger partial charge in [-0.05, 0) is 43.0 Å². The maximum Gasteiger partial charge on any atom is 0.231 e. The molecule has 5 heteroatoms. The summed E-state index contributed by atoms with van der Waals surface area (Å²) < 4.78 is 10.7. The van der Waals surface area contributed by atoms with Crippen LogP contribution in [0.5, 0.6) is 11.5 Å². The van der Waals surface area contributed by atoms with Crippen molar-refractivity contribution in [1.29, 1.82) is 0 Å². The van der Waals surface area contributed by atoms with E-state index in [9.17, 15) is 4.79 Å². The number of allylic oxidation sites excluding steroid dienone is 2. The maximum absolute atomic E-state index is 12.7. The Balaban J connectivity index is 1.64. The highest BCUT2D eigenvalue weighted by molar-refractivity contribution is 6.12. The van der Waals surface area contributed by atoms with Gasteiger partial charge in [0.05, 0.1) is 0 Å². The molecule has 3 aliphatic rings. The van der Waals surface area contributed by atoms with E-state index in [1.54, 1.807) is 0 Å². The molecule has 1 saturated carbocycles. The molecule has 2 aliphatic heterocycles. The number of carbonyl (C=O) groups excluding carboxylic acids is 1. The van der Waals surface area contributed by atoms with Crippen LogP contribution in [0.2, 0.25) is 0 Å². The average Bonchev–Trinajstić information content (AvgIpc) is 3.19. The number of ketones is 1. The molecule has 0 aromatic heterocycles. The predicted molar refractivity (Wildman–Crippen MR) is 82.4 cm³/mol. The maximum atomic E-state index is 12.7. The number of fused-ring (bicyclic) bond motifs is 1. The fourth-order valence-corrected chi connectivity index (χ4v) is 3.11. The number of hydrogen-bond acceptors (Lipinski definition) is 5. The zero-order chi connectivity index (χ0) is 14.9. The molecule has 22 heavy (non-hydrogen) atoms. The quantitative estimate of drug-likeness (QED) is 0.776. The van der Waals surface area contributed by atoms with Crippen LogP contribution in [0, 0.1) is 0 Å². The molecule has 0 atom stereocenters. The summed E-state index contributed by atoms with van der Waals surface area (Å²) >= 11 is 0. The molecule has 2 N–H and O–H groups in total. The van der Waals surface area contributed by atoms with Gasteiger partial charge in [-0.3, -0.25) is 4.79 Å². The first-order valence-corrected chi connectivity index (χ1v) is 7.67. The SMILES string of the molecule is O=C1C(=C2NCCN2)CCC/C1=C\c1ccc2c(c1)OCO2. The van der Waals surface area contributed by atoms with Gasteiger partial charge in [-0.1, -0.05) is 6.07 Å². The first-order chi connectivity index (χ1) is 10.8. The topological polar surface area (TPSA) is 59.6 Å². The van der Waals surface area contributed by atoms with Crippen LogP contribution in [-0.2, 0) is 4.79 Å². The first kappa shape index (κ1) is 13.2. The van der Waals surface area contributed by atoms with Crippen LogP contribution in [-0.4, -0.2) is 25.7 Å². The minimum atomic E-state index is 0.154. The molecule has 1 saturated heterocycles. The Bertz CT molecular complexity index is 683. The number of benzene rings is 1. The Morgan fingerprint density at radius 3 is 2.73 bits per heavy atom. The lowest BCUT2D eigenvalue weighted by molar-refractivity contribution is -0.113. The zero-order valence-electron chi connectivity index (χ0n) is 12.3. The molecule has 1 aromatic carbocycles. The molecule has 0 amide bonds. The van der Waals surface area contributed by atoms with Crippen molar-refractivity contribution in [1.82, 2.24) is 10.6 Å². The highest BCUT2D eigenvalue weighted by Crippen LogP contribution is 2.34. The van der Waals surface area contributed by atoms with Gasteiger partial charge in [-0.15, -0.1) is 0 Å². The van der Waals surface area contributed by atoms with Crippen LogP contribution >= 0.6 is 0 Å². The smallest absolute Gasteiger partial charge is 0.231 e. The molecular formula is C17H18N2O3. The number of hydrogen-bond donors (Lipinski definition) is 2. The Hall–Kier alpha value is -2.43. The van der Waals surface area contributed by atoms with Gasteiger partial charge < -0.3 is 20.1 Å². The van der Waals surface area contributed by atoms with Crippen LogP contribution in [0.1, 0.15) is 24.8 Å². The zero-order valence-corrected chi connectivity index (χ0v) is 12.3. The molecule has 1 aliphatic carbocycles. The number of rotatable bonds is 1. The van der Waals surface area contributed by atoms with E-state index in [-0.39, 0.29) is 12.6 Å². The van der Waals surface area contributed by atoms with Crippen LogP contribution in [0.15, 0.2) is 35.2 Å². The molecule has 5 nitrogen and oxygen atoms in total. The van der Waals surface area contributed by atoms with E-state index in [1.807, 2.05) is 24.3 Å². The van der Waals surface area contributed by atoms with Gasteiger partial charge >= 0.3 is 0 Å². The van der Waals surface area contributed by atoms with Gasteiger partial charge in [-0.25, -0.2) is 0 Å². The number of ether oxygens (including phenoxy) is 2. The van der Waals surface area contributed by atoms with E-state index in [0.29, 0.717) is 0 Å². The summed E-state index contributed by atoms with van der Waals surface area (Å²) in [5, 5.41) is 6.52. The van der Waals surface area contributed by atoms with E-state index < -0.39 is 0 Å². The van der Waals surface area contributed by atoms with E-state index in [0.717, 1.165) is 66.4 Å². The van der Waals surface area contributed by atoms with E-state index >= 15 is 0 Å². The van der Waals surface area contributed by atoms with Crippen molar-refractivity contribution in [3.8, 4) is 11.5 Å². The highest BCUT2D eigenvalue weighted by Gasteiger charge is 2.25. The van der Waals surface area contributed by atoms with Crippen molar-refractivity contribution in [3.05, 3.63) is 40.7 Å². The monoisotopic (exact) mass is 298 g/mol. The van der Waals surface area contributed by atoms with Gasteiger partial charge in [0.2, 0.25) is 6.79 Å². The summed E-state index contributed by atoms with van der Waals surface area (Å²) in [7, 11) is 0.